The summed E-state index contributed by atoms with van der Waals surface area (Å²) >= 11 is 0. The van der Waals surface area contributed by atoms with Crippen molar-refractivity contribution in [1.82, 2.24) is 34.6 Å². The first-order valence-corrected chi connectivity index (χ1v) is 9.54. The molecule has 4 rings (SSSR count). The van der Waals surface area contributed by atoms with E-state index in [2.05, 4.69) is 30.7 Å². The van der Waals surface area contributed by atoms with E-state index in [1.807, 2.05) is 37.4 Å². The van der Waals surface area contributed by atoms with Gasteiger partial charge in [0.15, 0.2) is 17.0 Å². The summed E-state index contributed by atoms with van der Waals surface area (Å²) in [5.74, 6) is 1.43. The van der Waals surface area contributed by atoms with Crippen LogP contribution >= 0.6 is 0 Å². The van der Waals surface area contributed by atoms with Crippen LogP contribution in [0.2, 0.25) is 0 Å². The number of nitrogens with zero attached hydrogens (tertiary/aromatic N) is 7. The molecule has 1 saturated heterocycles. The molecule has 2 atom stereocenters. The molecule has 1 aliphatic heterocycles. The van der Waals surface area contributed by atoms with E-state index >= 15 is 0 Å². The minimum absolute atomic E-state index is 0.203. The number of imidazole rings is 1. The zero-order valence-corrected chi connectivity index (χ0v) is 17.2. The van der Waals surface area contributed by atoms with Crippen molar-refractivity contribution >= 4 is 28.6 Å². The van der Waals surface area contributed by atoms with Crippen LogP contribution in [0.1, 0.15) is 13.8 Å². The topological polar surface area (TPSA) is 97.9 Å². The predicted molar refractivity (Wildman–Crippen MR) is 109 cm³/mol. The summed E-state index contributed by atoms with van der Waals surface area (Å²) in [6, 6.07) is -0.0513. The quantitative estimate of drug-likeness (QED) is 0.637. The highest BCUT2D eigenvalue weighted by Crippen LogP contribution is 2.30. The van der Waals surface area contributed by atoms with Gasteiger partial charge < -0.3 is 24.8 Å². The maximum Gasteiger partial charge on any atom is 0.256 e. The molecule has 0 aromatic carbocycles. The van der Waals surface area contributed by atoms with Crippen molar-refractivity contribution in [3.63, 3.8) is 0 Å². The van der Waals surface area contributed by atoms with Gasteiger partial charge in [-0.1, -0.05) is 13.8 Å². The maximum atomic E-state index is 14.5. The monoisotopic (exact) mass is 403 g/mol. The van der Waals surface area contributed by atoms with Crippen molar-refractivity contribution in [2.45, 2.75) is 32.1 Å². The molecular formula is C18H26FN9O. The molecule has 0 aliphatic carbocycles. The van der Waals surface area contributed by atoms with Gasteiger partial charge in [-0.15, -0.1) is 5.10 Å². The van der Waals surface area contributed by atoms with Crippen molar-refractivity contribution in [3.8, 4) is 5.88 Å². The number of fused-ring (bicyclic) bond motifs is 1. The maximum absolute atomic E-state index is 14.5. The molecule has 3 aromatic heterocycles. The Kier molecular flexibility index (Phi) is 4.99. The third kappa shape index (κ3) is 3.69. The number of aromatic nitrogens is 6. The van der Waals surface area contributed by atoms with Gasteiger partial charge in [-0.3, -0.25) is 4.68 Å². The lowest BCUT2D eigenvalue weighted by atomic mass is 10.2. The van der Waals surface area contributed by atoms with Crippen molar-refractivity contribution in [1.29, 1.82) is 0 Å². The van der Waals surface area contributed by atoms with Crippen LogP contribution in [0.3, 0.4) is 0 Å². The average Bonchev–Trinajstić information content (AvgIpc) is 3.33. The van der Waals surface area contributed by atoms with E-state index in [1.165, 1.54) is 0 Å². The molecular weight excluding hydrogens is 377 g/mol. The van der Waals surface area contributed by atoms with E-state index in [0.717, 1.165) is 0 Å². The Morgan fingerprint density at radius 1 is 1.24 bits per heavy atom. The number of hydrogen-bond acceptors (Lipinski definition) is 8. The van der Waals surface area contributed by atoms with Gasteiger partial charge >= 0.3 is 0 Å². The highest BCUT2D eigenvalue weighted by molar-refractivity contribution is 5.87. The number of rotatable bonds is 6. The molecule has 11 heteroatoms. The standard InChI is InChI=1S/C18H26FN9O/c1-10(2)21-12-8-28(6-11(12)19)18-23-15(14-16(24-18)26(3)9-20-14)22-13-7-27(4)25-17(13)29-5/h7,9-12,21H,6,8H2,1-5H3,(H,22,23,24). The first kappa shape index (κ1) is 19.4. The number of aryl methyl sites for hydroxylation is 2. The molecule has 4 heterocycles. The Morgan fingerprint density at radius 2 is 2.03 bits per heavy atom. The smallest absolute Gasteiger partial charge is 0.256 e. The van der Waals surface area contributed by atoms with E-state index < -0.39 is 6.17 Å². The number of ether oxygens (including phenoxy) is 1. The lowest BCUT2D eigenvalue weighted by Crippen LogP contribution is -2.41. The van der Waals surface area contributed by atoms with Gasteiger partial charge in [-0.05, 0) is 0 Å². The summed E-state index contributed by atoms with van der Waals surface area (Å²) < 4.78 is 23.3. The summed E-state index contributed by atoms with van der Waals surface area (Å²) in [6.07, 6.45) is 2.49. The number of hydrogen-bond donors (Lipinski definition) is 2. The highest BCUT2D eigenvalue weighted by atomic mass is 19.1. The normalized spacial score (nSPS) is 19.5. The first-order valence-electron chi connectivity index (χ1n) is 9.54. The second kappa shape index (κ2) is 7.47. The van der Waals surface area contributed by atoms with Crippen LogP contribution in [0.25, 0.3) is 11.2 Å². The SMILES string of the molecule is COc1nn(C)cc1Nc1nc(N2CC(F)C(NC(C)C)C2)nc2c1ncn2C. The zero-order chi connectivity index (χ0) is 20.7. The van der Waals surface area contributed by atoms with Crippen molar-refractivity contribution in [2.75, 3.05) is 30.4 Å². The molecule has 0 radical (unpaired) electrons. The van der Waals surface area contributed by atoms with Crippen LogP contribution in [-0.2, 0) is 14.1 Å². The summed E-state index contributed by atoms with van der Waals surface area (Å²) in [4.78, 5) is 15.6. The second-order valence-electron chi connectivity index (χ2n) is 7.60. The molecule has 0 spiro atoms. The molecule has 2 unspecified atom stereocenters. The largest absolute Gasteiger partial charge is 0.478 e. The first-order chi connectivity index (χ1) is 13.9. The molecule has 1 fully saturated rings. The van der Waals surface area contributed by atoms with Crippen molar-refractivity contribution in [3.05, 3.63) is 12.5 Å². The number of methoxy groups -OCH3 is 1. The zero-order valence-electron chi connectivity index (χ0n) is 17.2. The Balaban J connectivity index is 1.70. The lowest BCUT2D eigenvalue weighted by molar-refractivity contribution is 0.289. The van der Waals surface area contributed by atoms with Gasteiger partial charge in [0.05, 0.1) is 32.2 Å². The molecule has 2 N–H and O–H groups in total. The number of halogens is 1. The van der Waals surface area contributed by atoms with Crippen LogP contribution in [-0.4, -0.2) is 67.8 Å². The molecule has 10 nitrogen and oxygen atoms in total. The fraction of sp³-hybridized carbons (Fsp3) is 0.556. The molecule has 3 aromatic rings. The average molecular weight is 403 g/mol. The van der Waals surface area contributed by atoms with E-state index in [4.69, 9.17) is 4.74 Å². The minimum atomic E-state index is -0.988. The Bertz CT molecular complexity index is 1010. The van der Waals surface area contributed by atoms with E-state index in [-0.39, 0.29) is 18.6 Å². The number of alkyl halides is 1. The lowest BCUT2D eigenvalue weighted by Gasteiger charge is -2.19. The molecule has 1 aliphatic rings. The van der Waals surface area contributed by atoms with Gasteiger partial charge in [0.25, 0.3) is 5.88 Å². The third-order valence-electron chi connectivity index (χ3n) is 4.87. The summed E-state index contributed by atoms with van der Waals surface area (Å²) in [6.45, 7) is 4.76. The Morgan fingerprint density at radius 3 is 2.76 bits per heavy atom. The Hall–Kier alpha value is -2.95. The number of nitrogens with one attached hydrogen (secondary N) is 2. The summed E-state index contributed by atoms with van der Waals surface area (Å²) in [5, 5.41) is 10.8. The molecule has 156 valence electrons. The molecule has 0 amide bonds. The van der Waals surface area contributed by atoms with E-state index in [9.17, 15) is 4.39 Å². The van der Waals surface area contributed by atoms with E-state index in [1.54, 1.807) is 24.3 Å². The van der Waals surface area contributed by atoms with Crippen LogP contribution < -0.4 is 20.3 Å². The highest BCUT2D eigenvalue weighted by Gasteiger charge is 2.35. The fourth-order valence-electron chi connectivity index (χ4n) is 3.57. The second-order valence-corrected chi connectivity index (χ2v) is 7.60. The van der Waals surface area contributed by atoms with Crippen LogP contribution in [0, 0.1) is 0 Å². The van der Waals surface area contributed by atoms with Gasteiger partial charge in [-0.2, -0.15) is 9.97 Å². The van der Waals surface area contributed by atoms with Crippen LogP contribution in [0.4, 0.5) is 21.8 Å². The van der Waals surface area contributed by atoms with Crippen LogP contribution in [0.5, 0.6) is 5.88 Å². The van der Waals surface area contributed by atoms with E-state index in [0.29, 0.717) is 41.0 Å². The van der Waals surface area contributed by atoms with Gasteiger partial charge in [0.1, 0.15) is 11.9 Å². The number of anilines is 3. The summed E-state index contributed by atoms with van der Waals surface area (Å²) in [7, 11) is 5.23. The van der Waals surface area contributed by atoms with Crippen molar-refractivity contribution in [2.24, 2.45) is 14.1 Å². The van der Waals surface area contributed by atoms with Gasteiger partial charge in [-0.25, -0.2) is 9.37 Å². The Labute approximate surface area is 168 Å². The molecule has 0 bridgehead atoms. The third-order valence-corrected chi connectivity index (χ3v) is 4.87. The van der Waals surface area contributed by atoms with Gasteiger partial charge in [0, 0.05) is 26.7 Å². The fourth-order valence-corrected chi connectivity index (χ4v) is 3.57. The van der Waals surface area contributed by atoms with Crippen LogP contribution in [0.15, 0.2) is 12.5 Å². The molecule has 29 heavy (non-hydrogen) atoms. The molecule has 0 saturated carbocycles. The predicted octanol–water partition coefficient (Wildman–Crippen LogP) is 1.37. The summed E-state index contributed by atoms with van der Waals surface area (Å²) in [5.41, 5.74) is 1.95. The van der Waals surface area contributed by atoms with Crippen molar-refractivity contribution < 1.29 is 9.13 Å². The van der Waals surface area contributed by atoms with Gasteiger partial charge in [0.2, 0.25) is 5.95 Å². The minimum Gasteiger partial charge on any atom is -0.478 e.